The van der Waals surface area contributed by atoms with E-state index >= 15 is 0 Å². The van der Waals surface area contributed by atoms with E-state index in [-0.39, 0.29) is 33.4 Å². The van der Waals surface area contributed by atoms with Crippen LogP contribution in [0.3, 0.4) is 0 Å². The van der Waals surface area contributed by atoms with Gasteiger partial charge in [0, 0.05) is 16.8 Å². The van der Waals surface area contributed by atoms with Crippen LogP contribution in [0.15, 0.2) is 59.5 Å². The molecule has 2 aromatic heterocycles. The molecule has 2 heterocycles. The molecule has 0 atom stereocenters. The van der Waals surface area contributed by atoms with Crippen LogP contribution in [0.1, 0.15) is 22.8 Å². The minimum Gasteiger partial charge on any atom is -0.508 e. The number of nitrogens with one attached hydrogen (secondary N) is 1. The number of aromatic nitrogens is 2. The monoisotopic (exact) mass is 452 g/mol. The van der Waals surface area contributed by atoms with Crippen LogP contribution < -0.4 is 10.8 Å². The van der Waals surface area contributed by atoms with Gasteiger partial charge >= 0.3 is 5.97 Å². The highest BCUT2D eigenvalue weighted by Gasteiger charge is 2.22. The van der Waals surface area contributed by atoms with Gasteiger partial charge in [-0.25, -0.2) is 4.79 Å². The number of H-pyrrole nitrogens is 1. The van der Waals surface area contributed by atoms with Crippen LogP contribution in [0.4, 0.5) is 0 Å². The zero-order chi connectivity index (χ0) is 22.1. The number of carbonyl (C=O) groups is 1. The van der Waals surface area contributed by atoms with E-state index in [1.165, 1.54) is 12.1 Å². The normalized spacial score (nSPS) is 11.7. The Bertz CT molecular complexity index is 1460. The third-order valence-corrected chi connectivity index (χ3v) is 5.44. The van der Waals surface area contributed by atoms with E-state index in [0.717, 1.165) is 5.56 Å². The lowest BCUT2D eigenvalue weighted by atomic mass is 10.0. The van der Waals surface area contributed by atoms with Crippen LogP contribution in [0.2, 0.25) is 5.02 Å². The van der Waals surface area contributed by atoms with Gasteiger partial charge in [0.1, 0.15) is 21.6 Å². The zero-order valence-electron chi connectivity index (χ0n) is 16.4. The number of hydrogen-bond acceptors (Lipinski definition) is 5. The summed E-state index contributed by atoms with van der Waals surface area (Å²) in [5.41, 5.74) is 2.06. The quantitative estimate of drug-likeness (QED) is 0.359. The topological polar surface area (TPSA) is 83.8 Å². The van der Waals surface area contributed by atoms with Gasteiger partial charge in [-0.15, -0.1) is 0 Å². The van der Waals surface area contributed by atoms with Crippen LogP contribution in [-0.2, 0) is 4.74 Å². The van der Waals surface area contributed by atoms with E-state index in [1.807, 2.05) is 0 Å². The van der Waals surface area contributed by atoms with Crippen LogP contribution in [0.25, 0.3) is 22.9 Å². The van der Waals surface area contributed by atoms with Crippen LogP contribution in [0, 0.1) is 4.64 Å². The molecule has 4 rings (SSSR count). The number of ether oxygens (including phenoxy) is 1. The number of benzene rings is 2. The third-order valence-electron chi connectivity index (χ3n) is 4.77. The number of esters is 1. The van der Waals surface area contributed by atoms with Crippen molar-refractivity contribution >= 4 is 41.5 Å². The Morgan fingerprint density at radius 2 is 1.87 bits per heavy atom. The summed E-state index contributed by atoms with van der Waals surface area (Å²) < 4.78 is 7.08. The molecule has 0 unspecified atom stereocenters. The lowest BCUT2D eigenvalue weighted by molar-refractivity contribution is 0.0529. The zero-order valence-corrected chi connectivity index (χ0v) is 18.0. The molecule has 0 bridgehead atoms. The first-order valence-corrected chi connectivity index (χ1v) is 10.2. The summed E-state index contributed by atoms with van der Waals surface area (Å²) in [7, 11) is 0. The molecule has 0 saturated carbocycles. The summed E-state index contributed by atoms with van der Waals surface area (Å²) in [5, 5.41) is 10.3. The molecule has 0 spiro atoms. The predicted octanol–water partition coefficient (Wildman–Crippen LogP) is 4.11. The predicted molar refractivity (Wildman–Crippen MR) is 122 cm³/mol. The van der Waals surface area contributed by atoms with Crippen LogP contribution >= 0.6 is 23.8 Å². The maximum atomic E-state index is 12.9. The van der Waals surface area contributed by atoms with Gasteiger partial charge in [0.2, 0.25) is 0 Å². The number of nitrogens with zero attached hydrogens (tertiary/aromatic N) is 1. The number of phenolic OH excluding ortho intramolecular Hbond substituents is 1. The summed E-state index contributed by atoms with van der Waals surface area (Å²) >= 11 is 11.6. The number of halogens is 1. The first-order chi connectivity index (χ1) is 14.9. The summed E-state index contributed by atoms with van der Waals surface area (Å²) in [5.74, 6) is -0.438. The summed E-state index contributed by atoms with van der Waals surface area (Å²) in [6.07, 6.45) is 3.34. The van der Waals surface area contributed by atoms with Crippen molar-refractivity contribution in [3.05, 3.63) is 91.1 Å². The van der Waals surface area contributed by atoms with Crippen molar-refractivity contribution < 1.29 is 14.6 Å². The standard InChI is InChI=1S/C23H17ClN2O4S/c1-2-30-23(29)19-18(14-5-7-15(24)8-6-14)12-26-20(19)25-21(28)17(22(26)31)11-13-3-9-16(27)10-4-13/h3-12,27H,2H2,1H3,(H,25,28). The summed E-state index contributed by atoms with van der Waals surface area (Å²) in [6.45, 7) is 1.90. The second kappa shape index (κ2) is 8.37. The minimum atomic E-state index is -0.560. The number of hydrogen-bond donors (Lipinski definition) is 2. The molecule has 2 aromatic carbocycles. The Morgan fingerprint density at radius 3 is 2.52 bits per heavy atom. The molecule has 6 nitrogen and oxygen atoms in total. The fourth-order valence-electron chi connectivity index (χ4n) is 3.31. The molecule has 0 amide bonds. The van der Waals surface area contributed by atoms with Crippen molar-refractivity contribution in [2.45, 2.75) is 6.92 Å². The van der Waals surface area contributed by atoms with Crippen molar-refractivity contribution in [2.75, 3.05) is 6.61 Å². The molecule has 8 heteroatoms. The number of aromatic hydroxyl groups is 1. The molecule has 0 aliphatic heterocycles. The van der Waals surface area contributed by atoms with Gasteiger partial charge in [0.05, 0.1) is 11.8 Å². The van der Waals surface area contributed by atoms with E-state index in [0.29, 0.717) is 16.1 Å². The summed E-state index contributed by atoms with van der Waals surface area (Å²) in [4.78, 5) is 28.4. The first kappa shape index (κ1) is 20.8. The molecule has 4 aromatic rings. The maximum Gasteiger partial charge on any atom is 0.342 e. The molecule has 0 saturated heterocycles. The van der Waals surface area contributed by atoms with Gasteiger partial charge < -0.3 is 14.8 Å². The molecule has 0 fully saturated rings. The fourth-order valence-corrected chi connectivity index (χ4v) is 3.74. The first-order valence-electron chi connectivity index (χ1n) is 9.44. The maximum absolute atomic E-state index is 12.9. The molecule has 2 N–H and O–H groups in total. The number of phenols is 1. The average molecular weight is 453 g/mol. The average Bonchev–Trinajstić information content (AvgIpc) is 3.12. The minimum absolute atomic E-state index is 0.122. The molecule has 0 aliphatic carbocycles. The molecular weight excluding hydrogens is 436 g/mol. The smallest absolute Gasteiger partial charge is 0.342 e. The lowest BCUT2D eigenvalue weighted by Gasteiger charge is -2.05. The van der Waals surface area contributed by atoms with Gasteiger partial charge in [-0.05, 0) is 48.4 Å². The fraction of sp³-hybridized carbons (Fsp3) is 0.0870. The van der Waals surface area contributed by atoms with E-state index in [2.05, 4.69) is 4.98 Å². The Kier molecular flexibility index (Phi) is 5.63. The number of rotatable bonds is 4. The second-order valence-electron chi connectivity index (χ2n) is 6.77. The van der Waals surface area contributed by atoms with Crippen molar-refractivity contribution in [3.8, 4) is 16.9 Å². The Balaban J connectivity index is 2.02. The molecule has 31 heavy (non-hydrogen) atoms. The highest BCUT2D eigenvalue weighted by atomic mass is 35.5. The Hall–Kier alpha value is -3.42. The SMILES string of the molecule is CCOC(=O)c1c(-c2ccc(Cl)cc2)cn2c(=S)c(=Cc3ccc(O)cc3)c(=O)[nH]c12. The van der Waals surface area contributed by atoms with Crippen molar-refractivity contribution in [3.63, 3.8) is 0 Å². The van der Waals surface area contributed by atoms with Crippen LogP contribution in [0.5, 0.6) is 5.75 Å². The van der Waals surface area contributed by atoms with Gasteiger partial charge in [-0.2, -0.15) is 0 Å². The van der Waals surface area contributed by atoms with E-state index in [4.69, 9.17) is 28.6 Å². The Labute approximate surface area is 187 Å². The number of carbonyl (C=O) groups excluding carboxylic acids is 1. The van der Waals surface area contributed by atoms with Crippen molar-refractivity contribution in [2.24, 2.45) is 0 Å². The Morgan fingerprint density at radius 1 is 1.19 bits per heavy atom. The number of fused-ring (bicyclic) bond motifs is 1. The highest BCUT2D eigenvalue weighted by Crippen LogP contribution is 2.29. The molecule has 156 valence electrons. The van der Waals surface area contributed by atoms with E-state index in [1.54, 1.807) is 60.0 Å². The van der Waals surface area contributed by atoms with Gasteiger partial charge in [-0.1, -0.05) is 48.1 Å². The van der Waals surface area contributed by atoms with Crippen LogP contribution in [-0.4, -0.2) is 27.1 Å². The van der Waals surface area contributed by atoms with Crippen molar-refractivity contribution in [1.29, 1.82) is 0 Å². The molecule has 0 aliphatic rings. The molecular formula is C23H17ClN2O4S. The van der Waals surface area contributed by atoms with Crippen molar-refractivity contribution in [1.82, 2.24) is 9.38 Å². The largest absolute Gasteiger partial charge is 0.508 e. The van der Waals surface area contributed by atoms with Gasteiger partial charge in [-0.3, -0.25) is 9.20 Å². The van der Waals surface area contributed by atoms with E-state index in [9.17, 15) is 14.7 Å². The highest BCUT2D eigenvalue weighted by molar-refractivity contribution is 7.71. The lowest BCUT2D eigenvalue weighted by Crippen LogP contribution is -2.30. The molecule has 0 radical (unpaired) electrons. The number of aromatic amines is 1. The third kappa shape index (κ3) is 3.97. The van der Waals surface area contributed by atoms with E-state index < -0.39 is 11.5 Å². The summed E-state index contributed by atoms with van der Waals surface area (Å²) in [6, 6.07) is 13.4. The van der Waals surface area contributed by atoms with Gasteiger partial charge in [0.25, 0.3) is 5.56 Å². The van der Waals surface area contributed by atoms with Gasteiger partial charge in [0.15, 0.2) is 0 Å². The second-order valence-corrected chi connectivity index (χ2v) is 7.60.